The summed E-state index contributed by atoms with van der Waals surface area (Å²) in [5.41, 5.74) is 6.13. The lowest BCUT2D eigenvalue weighted by atomic mass is 9.81. The van der Waals surface area contributed by atoms with E-state index in [1.54, 1.807) is 6.07 Å². The van der Waals surface area contributed by atoms with Crippen molar-refractivity contribution in [2.24, 2.45) is 4.36 Å². The van der Waals surface area contributed by atoms with Gasteiger partial charge in [-0.1, -0.05) is 42.5 Å². The second-order valence-corrected chi connectivity index (χ2v) is 9.18. The van der Waals surface area contributed by atoms with Crippen LogP contribution in [0.15, 0.2) is 71.1 Å². The molecule has 0 spiro atoms. The zero-order valence-corrected chi connectivity index (χ0v) is 19.8. The largest absolute Gasteiger partial charge is 0.496 e. The first-order chi connectivity index (χ1) is 15.7. The number of nitrogens with zero attached hydrogens (tertiary/aromatic N) is 2. The molecule has 1 aliphatic heterocycles. The Morgan fingerprint density at radius 3 is 2.36 bits per heavy atom. The van der Waals surface area contributed by atoms with Crippen molar-refractivity contribution in [1.29, 1.82) is 0 Å². The van der Waals surface area contributed by atoms with E-state index < -0.39 is 16.0 Å². The van der Waals surface area contributed by atoms with E-state index in [-0.39, 0.29) is 12.5 Å². The minimum absolute atomic E-state index is 0.00728. The van der Waals surface area contributed by atoms with Gasteiger partial charge in [0.05, 0.1) is 12.6 Å². The molecule has 3 aromatic carbocycles. The number of hydrogen-bond acceptors (Lipinski definition) is 5. The molecule has 3 aromatic rings. The van der Waals surface area contributed by atoms with E-state index in [2.05, 4.69) is 17.4 Å². The molecule has 33 heavy (non-hydrogen) atoms. The topological polar surface area (TPSA) is 59.0 Å². The summed E-state index contributed by atoms with van der Waals surface area (Å²) in [6.07, 6.45) is 2.12. The molecule has 1 heterocycles. The minimum atomic E-state index is -2.51. The number of anilines is 1. The van der Waals surface area contributed by atoms with Gasteiger partial charge in [0.2, 0.25) is 0 Å². The number of allylic oxidation sites excluding steroid dienone is 1. The summed E-state index contributed by atoms with van der Waals surface area (Å²) in [7, 11) is -0.981. The van der Waals surface area contributed by atoms with E-state index in [1.165, 1.54) is 19.2 Å². The predicted octanol–water partition coefficient (Wildman–Crippen LogP) is 6.19. The van der Waals surface area contributed by atoms with Crippen LogP contribution in [0.4, 0.5) is 10.1 Å². The summed E-state index contributed by atoms with van der Waals surface area (Å²) >= 11 is 0. The Bertz CT molecular complexity index is 1370. The average molecular weight is 465 g/mol. The highest BCUT2D eigenvalue weighted by Crippen LogP contribution is 2.48. The normalized spacial score (nSPS) is 14.3. The Morgan fingerprint density at radius 2 is 1.70 bits per heavy atom. The van der Waals surface area contributed by atoms with E-state index in [1.807, 2.05) is 61.2 Å². The van der Waals surface area contributed by atoms with Crippen molar-refractivity contribution in [3.05, 3.63) is 78.1 Å². The van der Waals surface area contributed by atoms with E-state index in [9.17, 15) is 12.8 Å². The average Bonchev–Trinajstić information content (AvgIpc) is 2.78. The van der Waals surface area contributed by atoms with Crippen molar-refractivity contribution >= 4 is 21.8 Å². The third-order valence-electron chi connectivity index (χ3n) is 5.95. The number of hydrogen-bond donors (Lipinski definition) is 0. The summed E-state index contributed by atoms with van der Waals surface area (Å²) in [5, 5.41) is 0. The molecular weight excluding hydrogens is 439 g/mol. The summed E-state index contributed by atoms with van der Waals surface area (Å²) in [4.78, 5) is 1.98. The van der Waals surface area contributed by atoms with Crippen LogP contribution in [0, 0.1) is 5.82 Å². The number of ether oxygens (including phenoxy) is 1. The molecule has 0 N–H and O–H groups in total. The Hall–Kier alpha value is -3.45. The lowest BCUT2D eigenvalue weighted by molar-refractivity contribution is 0.413. The fourth-order valence-electron chi connectivity index (χ4n) is 4.59. The Balaban J connectivity index is 2.07. The van der Waals surface area contributed by atoms with E-state index in [4.69, 9.17) is 4.74 Å². The summed E-state index contributed by atoms with van der Waals surface area (Å²) in [6, 6.07) is 18.4. The molecule has 0 atom stereocenters. The molecule has 0 fully saturated rings. The van der Waals surface area contributed by atoms with Gasteiger partial charge in [0, 0.05) is 22.9 Å². The second-order valence-electron chi connectivity index (χ2n) is 8.49. The molecule has 0 bridgehead atoms. The maximum absolute atomic E-state index is 13.9. The molecule has 0 aromatic heterocycles. The fraction of sp³-hybridized carbons (Fsp3) is 0.231. The van der Waals surface area contributed by atoms with Crippen LogP contribution < -0.4 is 9.64 Å². The maximum atomic E-state index is 13.9. The summed E-state index contributed by atoms with van der Waals surface area (Å²) in [5.74, 6) is 0.0737. The molecule has 0 saturated carbocycles. The first kappa shape index (κ1) is 22.7. The second kappa shape index (κ2) is 8.83. The first-order valence-electron chi connectivity index (χ1n) is 10.5. The predicted molar refractivity (Wildman–Crippen MR) is 130 cm³/mol. The number of benzene rings is 3. The molecule has 4 rings (SSSR count). The number of fused-ring (bicyclic) bond motifs is 1. The number of methoxy groups -OCH3 is 1. The summed E-state index contributed by atoms with van der Waals surface area (Å²) in [6.45, 7) is 6.12. The van der Waals surface area contributed by atoms with E-state index >= 15 is 0 Å². The quantitative estimate of drug-likeness (QED) is 0.452. The first-order valence-corrected chi connectivity index (χ1v) is 11.6. The zero-order valence-electron chi connectivity index (χ0n) is 19.0. The monoisotopic (exact) mass is 464 g/mol. The van der Waals surface area contributed by atoms with Crippen molar-refractivity contribution < 1.29 is 17.5 Å². The number of halogens is 1. The van der Waals surface area contributed by atoms with E-state index in [0.717, 1.165) is 39.1 Å². The van der Waals surface area contributed by atoms with Gasteiger partial charge >= 0.3 is 10.5 Å². The van der Waals surface area contributed by atoms with Gasteiger partial charge in [-0.2, -0.15) is 8.42 Å². The fourth-order valence-corrected chi connectivity index (χ4v) is 4.80. The lowest BCUT2D eigenvalue weighted by Crippen LogP contribution is -2.45. The van der Waals surface area contributed by atoms with Gasteiger partial charge in [-0.25, -0.2) is 4.39 Å². The SMILES string of the molecule is COc1cc(F)ccc1-c1ccc2c(c1-c1ccccc1)C(C)=CC(C)(C)N2CN=S(=O)=O. The van der Waals surface area contributed by atoms with Gasteiger partial charge in [-0.05, 0) is 61.2 Å². The smallest absolute Gasteiger partial charge is 0.312 e. The molecule has 0 unspecified atom stereocenters. The van der Waals surface area contributed by atoms with Gasteiger partial charge in [-0.3, -0.25) is 0 Å². The highest BCUT2D eigenvalue weighted by Gasteiger charge is 2.33. The lowest BCUT2D eigenvalue weighted by Gasteiger charge is -2.43. The van der Waals surface area contributed by atoms with Crippen LogP contribution in [-0.2, 0) is 10.5 Å². The van der Waals surface area contributed by atoms with Gasteiger partial charge in [0.15, 0.2) is 0 Å². The van der Waals surface area contributed by atoms with Crippen LogP contribution in [-0.4, -0.2) is 27.7 Å². The van der Waals surface area contributed by atoms with Crippen LogP contribution in [0.2, 0.25) is 0 Å². The van der Waals surface area contributed by atoms with Gasteiger partial charge in [0.25, 0.3) is 0 Å². The van der Waals surface area contributed by atoms with Gasteiger partial charge < -0.3 is 9.64 Å². The Kier molecular flexibility index (Phi) is 6.08. The van der Waals surface area contributed by atoms with Crippen LogP contribution in [0.3, 0.4) is 0 Å². The minimum Gasteiger partial charge on any atom is -0.496 e. The standard InChI is InChI=1S/C26H25FN2O3S/c1-17-15-26(2,3)29(16-28-33(30)31)22-13-12-21(20-11-10-19(27)14-23(20)32-4)25(24(17)22)18-8-6-5-7-9-18/h5-15H,16H2,1-4H3. The van der Waals surface area contributed by atoms with Crippen LogP contribution >= 0.6 is 0 Å². The van der Waals surface area contributed by atoms with Crippen LogP contribution in [0.25, 0.3) is 27.8 Å². The molecule has 0 aliphatic carbocycles. The third-order valence-corrected chi connectivity index (χ3v) is 6.28. The molecule has 0 amide bonds. The highest BCUT2D eigenvalue weighted by molar-refractivity contribution is 7.61. The van der Waals surface area contributed by atoms with Crippen LogP contribution in [0.1, 0.15) is 26.3 Å². The van der Waals surface area contributed by atoms with Crippen LogP contribution in [0.5, 0.6) is 5.75 Å². The zero-order chi connectivity index (χ0) is 23.8. The van der Waals surface area contributed by atoms with Gasteiger partial charge in [-0.15, -0.1) is 4.36 Å². The summed E-state index contributed by atoms with van der Waals surface area (Å²) < 4.78 is 45.6. The maximum Gasteiger partial charge on any atom is 0.312 e. The van der Waals surface area contributed by atoms with Crippen molar-refractivity contribution in [2.75, 3.05) is 18.7 Å². The molecule has 7 heteroatoms. The molecule has 0 saturated heterocycles. The third kappa shape index (κ3) is 4.28. The molecule has 170 valence electrons. The van der Waals surface area contributed by atoms with Gasteiger partial charge in [0.1, 0.15) is 18.2 Å². The number of rotatable bonds is 5. The molecule has 1 aliphatic rings. The van der Waals surface area contributed by atoms with Crippen molar-refractivity contribution in [3.8, 4) is 28.0 Å². The van der Waals surface area contributed by atoms with Crippen molar-refractivity contribution in [1.82, 2.24) is 0 Å². The molecular formula is C26H25FN2O3S. The Morgan fingerprint density at radius 1 is 1.00 bits per heavy atom. The Labute approximate surface area is 194 Å². The van der Waals surface area contributed by atoms with Crippen molar-refractivity contribution in [2.45, 2.75) is 26.3 Å². The highest BCUT2D eigenvalue weighted by atomic mass is 32.2. The van der Waals surface area contributed by atoms with E-state index in [0.29, 0.717) is 5.75 Å². The van der Waals surface area contributed by atoms with Crippen molar-refractivity contribution in [3.63, 3.8) is 0 Å². The molecule has 0 radical (unpaired) electrons. The molecule has 5 nitrogen and oxygen atoms in total.